The molecular weight excluding hydrogens is 302 g/mol. The number of carbonyl (C=O) groups excluding carboxylic acids is 2. The molecule has 6 heteroatoms. The molecule has 1 aliphatic heterocycles. The molecule has 22 heavy (non-hydrogen) atoms. The molecule has 5 nitrogen and oxygen atoms in total. The number of amides is 2. The van der Waals surface area contributed by atoms with Crippen LogP contribution in [0, 0.1) is 5.92 Å². The molecule has 128 valence electrons. The van der Waals surface area contributed by atoms with Crippen molar-refractivity contribution in [3.63, 3.8) is 0 Å². The number of nitrogens with zero attached hydrogens (tertiary/aromatic N) is 1. The zero-order chi connectivity index (χ0) is 15.2. The molecule has 3 N–H and O–H groups in total. The van der Waals surface area contributed by atoms with Crippen LogP contribution >= 0.6 is 12.4 Å². The largest absolute Gasteiger partial charge is 0.353 e. The van der Waals surface area contributed by atoms with Crippen molar-refractivity contribution >= 4 is 24.2 Å². The standard InChI is InChI=1S/C16H29N3O2.ClH/c1-12(18-16(21)13-5-3-2-4-6-13)11-15(20)19-9-7-14(17)8-10-19;/h12-14H,2-11,17H2,1H3,(H,18,21);1H. The second kappa shape index (κ2) is 9.36. The van der Waals surface area contributed by atoms with Gasteiger partial charge in [-0.2, -0.15) is 0 Å². The van der Waals surface area contributed by atoms with Gasteiger partial charge in [0, 0.05) is 37.5 Å². The van der Waals surface area contributed by atoms with Gasteiger partial charge in [0.25, 0.3) is 0 Å². The number of halogens is 1. The molecule has 1 heterocycles. The molecule has 1 unspecified atom stereocenters. The molecule has 2 fully saturated rings. The maximum atomic E-state index is 12.2. The van der Waals surface area contributed by atoms with Crippen molar-refractivity contribution in [2.45, 2.75) is 70.4 Å². The summed E-state index contributed by atoms with van der Waals surface area (Å²) in [6.45, 7) is 3.43. The fraction of sp³-hybridized carbons (Fsp3) is 0.875. The summed E-state index contributed by atoms with van der Waals surface area (Å²) in [5, 5.41) is 3.02. The van der Waals surface area contributed by atoms with Gasteiger partial charge in [-0.15, -0.1) is 12.4 Å². The van der Waals surface area contributed by atoms with Crippen LogP contribution < -0.4 is 11.1 Å². The van der Waals surface area contributed by atoms with Gasteiger partial charge in [0.15, 0.2) is 0 Å². The minimum Gasteiger partial charge on any atom is -0.353 e. The molecule has 1 aliphatic carbocycles. The van der Waals surface area contributed by atoms with Crippen LogP contribution in [-0.4, -0.2) is 41.9 Å². The Morgan fingerprint density at radius 2 is 1.73 bits per heavy atom. The first-order valence-corrected chi connectivity index (χ1v) is 8.40. The summed E-state index contributed by atoms with van der Waals surface area (Å²) in [6.07, 6.45) is 7.71. The number of likely N-dealkylation sites (tertiary alicyclic amines) is 1. The van der Waals surface area contributed by atoms with Crippen molar-refractivity contribution in [2.75, 3.05) is 13.1 Å². The summed E-state index contributed by atoms with van der Waals surface area (Å²) in [5.74, 6) is 0.429. The van der Waals surface area contributed by atoms with E-state index in [9.17, 15) is 9.59 Å². The molecule has 0 bridgehead atoms. The number of rotatable bonds is 4. The molecule has 2 amide bonds. The zero-order valence-electron chi connectivity index (χ0n) is 13.6. The van der Waals surface area contributed by atoms with Crippen molar-refractivity contribution in [1.82, 2.24) is 10.2 Å². The minimum absolute atomic E-state index is 0. The molecule has 1 saturated heterocycles. The van der Waals surface area contributed by atoms with Gasteiger partial charge in [-0.25, -0.2) is 0 Å². The molecule has 0 aromatic rings. The molecule has 0 aromatic carbocycles. The zero-order valence-corrected chi connectivity index (χ0v) is 14.4. The molecule has 2 aliphatic rings. The van der Waals surface area contributed by atoms with Crippen molar-refractivity contribution in [1.29, 1.82) is 0 Å². The van der Waals surface area contributed by atoms with E-state index < -0.39 is 0 Å². The number of nitrogens with two attached hydrogens (primary N) is 1. The first-order chi connectivity index (χ1) is 10.1. The SMILES string of the molecule is CC(CC(=O)N1CCC(N)CC1)NC(=O)C1CCCCC1.Cl. The topological polar surface area (TPSA) is 75.4 Å². The van der Waals surface area contributed by atoms with Crippen LogP contribution in [0.2, 0.25) is 0 Å². The number of hydrogen-bond donors (Lipinski definition) is 2. The van der Waals surface area contributed by atoms with Gasteiger partial charge in [0.1, 0.15) is 0 Å². The Morgan fingerprint density at radius 3 is 2.32 bits per heavy atom. The fourth-order valence-corrected chi connectivity index (χ4v) is 3.32. The first kappa shape index (κ1) is 19.2. The van der Waals surface area contributed by atoms with E-state index in [1.165, 1.54) is 6.42 Å². The highest BCUT2D eigenvalue weighted by molar-refractivity contribution is 5.85. The van der Waals surface area contributed by atoms with E-state index in [1.807, 2.05) is 11.8 Å². The van der Waals surface area contributed by atoms with Crippen LogP contribution in [-0.2, 0) is 9.59 Å². The van der Waals surface area contributed by atoms with Crippen molar-refractivity contribution < 1.29 is 9.59 Å². The molecule has 0 aromatic heterocycles. The van der Waals surface area contributed by atoms with Crippen molar-refractivity contribution in [3.8, 4) is 0 Å². The summed E-state index contributed by atoms with van der Waals surface area (Å²) in [4.78, 5) is 26.2. The third-order valence-corrected chi connectivity index (χ3v) is 4.74. The Morgan fingerprint density at radius 1 is 1.14 bits per heavy atom. The van der Waals surface area contributed by atoms with Crippen LogP contribution in [0.3, 0.4) is 0 Å². The molecule has 0 radical (unpaired) electrons. The highest BCUT2D eigenvalue weighted by atomic mass is 35.5. The van der Waals surface area contributed by atoms with Gasteiger partial charge in [-0.1, -0.05) is 19.3 Å². The summed E-state index contributed by atoms with van der Waals surface area (Å²) in [7, 11) is 0. The van der Waals surface area contributed by atoms with Gasteiger partial charge in [0.05, 0.1) is 0 Å². The van der Waals surface area contributed by atoms with E-state index in [2.05, 4.69) is 5.32 Å². The predicted molar refractivity (Wildman–Crippen MR) is 89.8 cm³/mol. The smallest absolute Gasteiger partial charge is 0.224 e. The Labute approximate surface area is 139 Å². The molecule has 1 atom stereocenters. The Bertz CT molecular complexity index is 364. The Balaban J connectivity index is 0.00000242. The second-order valence-corrected chi connectivity index (χ2v) is 6.67. The predicted octanol–water partition coefficient (Wildman–Crippen LogP) is 1.83. The Hall–Kier alpha value is -0.810. The highest BCUT2D eigenvalue weighted by Gasteiger charge is 2.25. The van der Waals surface area contributed by atoms with E-state index >= 15 is 0 Å². The van der Waals surface area contributed by atoms with E-state index in [0.717, 1.165) is 51.6 Å². The average Bonchev–Trinajstić information content (AvgIpc) is 2.48. The maximum absolute atomic E-state index is 12.2. The molecule has 2 rings (SSSR count). The number of piperidine rings is 1. The summed E-state index contributed by atoms with van der Waals surface area (Å²) in [5.41, 5.74) is 5.85. The third-order valence-electron chi connectivity index (χ3n) is 4.74. The first-order valence-electron chi connectivity index (χ1n) is 8.40. The normalized spacial score (nSPS) is 21.8. The molecule has 0 spiro atoms. The van der Waals surface area contributed by atoms with Crippen LogP contribution in [0.4, 0.5) is 0 Å². The third kappa shape index (κ3) is 5.76. The lowest BCUT2D eigenvalue weighted by atomic mass is 9.88. The van der Waals surface area contributed by atoms with Crippen molar-refractivity contribution in [2.24, 2.45) is 11.7 Å². The minimum atomic E-state index is -0.0810. The van der Waals surface area contributed by atoms with Crippen LogP contribution in [0.1, 0.15) is 58.3 Å². The lowest BCUT2D eigenvalue weighted by molar-refractivity contribution is -0.133. The average molecular weight is 332 g/mol. The van der Waals surface area contributed by atoms with Gasteiger partial charge < -0.3 is 16.0 Å². The van der Waals surface area contributed by atoms with Gasteiger partial charge in [0.2, 0.25) is 11.8 Å². The quantitative estimate of drug-likeness (QED) is 0.825. The van der Waals surface area contributed by atoms with E-state index in [4.69, 9.17) is 5.73 Å². The lowest BCUT2D eigenvalue weighted by Gasteiger charge is -2.31. The maximum Gasteiger partial charge on any atom is 0.224 e. The molecular formula is C16H30ClN3O2. The van der Waals surface area contributed by atoms with Gasteiger partial charge >= 0.3 is 0 Å². The van der Waals surface area contributed by atoms with Crippen LogP contribution in [0.15, 0.2) is 0 Å². The lowest BCUT2D eigenvalue weighted by Crippen LogP contribution is -2.46. The second-order valence-electron chi connectivity index (χ2n) is 6.67. The number of carbonyl (C=O) groups is 2. The van der Waals surface area contributed by atoms with E-state index in [0.29, 0.717) is 6.42 Å². The van der Waals surface area contributed by atoms with Crippen LogP contribution in [0.5, 0.6) is 0 Å². The fourth-order valence-electron chi connectivity index (χ4n) is 3.32. The summed E-state index contributed by atoms with van der Waals surface area (Å²) in [6, 6.07) is 0.153. The van der Waals surface area contributed by atoms with Gasteiger partial charge in [-0.05, 0) is 32.6 Å². The van der Waals surface area contributed by atoms with Crippen molar-refractivity contribution in [3.05, 3.63) is 0 Å². The summed E-state index contributed by atoms with van der Waals surface area (Å²) < 4.78 is 0. The number of nitrogens with one attached hydrogen (secondary N) is 1. The molecule has 1 saturated carbocycles. The van der Waals surface area contributed by atoms with E-state index in [-0.39, 0.29) is 42.2 Å². The summed E-state index contributed by atoms with van der Waals surface area (Å²) >= 11 is 0. The Kier molecular flexibility index (Phi) is 8.18. The van der Waals surface area contributed by atoms with Crippen LogP contribution in [0.25, 0.3) is 0 Å². The van der Waals surface area contributed by atoms with E-state index in [1.54, 1.807) is 0 Å². The van der Waals surface area contributed by atoms with Gasteiger partial charge in [-0.3, -0.25) is 9.59 Å². The number of hydrogen-bond acceptors (Lipinski definition) is 3. The highest BCUT2D eigenvalue weighted by Crippen LogP contribution is 2.23. The monoisotopic (exact) mass is 331 g/mol.